The van der Waals surface area contributed by atoms with Gasteiger partial charge >= 0.3 is 0 Å². The summed E-state index contributed by atoms with van der Waals surface area (Å²) >= 11 is 0. The Kier molecular flexibility index (Phi) is 2.66. The Labute approximate surface area is 92.7 Å². The summed E-state index contributed by atoms with van der Waals surface area (Å²) in [5.74, 6) is 0.273. The Hall–Kier alpha value is -1.81. The summed E-state index contributed by atoms with van der Waals surface area (Å²) < 4.78 is 0. The fourth-order valence-corrected chi connectivity index (χ4v) is 1.82. The topological polar surface area (TPSA) is 79.1 Å². The minimum atomic E-state index is -0.222. The summed E-state index contributed by atoms with van der Waals surface area (Å²) in [4.78, 5) is 13.8. The van der Waals surface area contributed by atoms with Crippen LogP contribution >= 0.6 is 0 Å². The molecule has 4 nitrogen and oxygen atoms in total. The zero-order valence-electron chi connectivity index (χ0n) is 9.03. The van der Waals surface area contributed by atoms with Gasteiger partial charge < -0.3 is 15.8 Å². The first-order valence-corrected chi connectivity index (χ1v) is 5.18. The van der Waals surface area contributed by atoms with Crippen LogP contribution in [0.5, 0.6) is 5.75 Å². The van der Waals surface area contributed by atoms with E-state index in [1.54, 1.807) is 12.1 Å². The molecule has 1 aromatic carbocycles. The lowest BCUT2D eigenvalue weighted by Gasteiger charge is -2.12. The van der Waals surface area contributed by atoms with Crippen LogP contribution in [0.1, 0.15) is 18.4 Å². The summed E-state index contributed by atoms with van der Waals surface area (Å²) in [7, 11) is 0. The fraction of sp³-hybridized carbons (Fsp3) is 0.250. The number of aromatic amines is 1. The molecule has 2 aromatic rings. The van der Waals surface area contributed by atoms with Gasteiger partial charge in [0.2, 0.25) is 5.56 Å². The lowest BCUT2D eigenvalue weighted by atomic mass is 9.96. The molecule has 0 aliphatic rings. The average Bonchev–Trinajstić information content (AvgIpc) is 2.29. The lowest BCUT2D eigenvalue weighted by molar-refractivity contribution is 0.480. The van der Waals surface area contributed by atoms with E-state index in [0.29, 0.717) is 12.1 Å². The third-order valence-corrected chi connectivity index (χ3v) is 2.79. The summed E-state index contributed by atoms with van der Waals surface area (Å²) in [6.07, 6.45) is 0. The van der Waals surface area contributed by atoms with Crippen LogP contribution in [0.3, 0.4) is 0 Å². The van der Waals surface area contributed by atoms with E-state index in [1.165, 1.54) is 6.07 Å². The molecule has 4 N–H and O–H groups in total. The number of aromatic hydroxyl groups is 1. The van der Waals surface area contributed by atoms with E-state index in [0.717, 1.165) is 10.9 Å². The molecule has 16 heavy (non-hydrogen) atoms. The predicted molar refractivity (Wildman–Crippen MR) is 63.7 cm³/mol. The van der Waals surface area contributed by atoms with Crippen LogP contribution in [0.4, 0.5) is 0 Å². The summed E-state index contributed by atoms with van der Waals surface area (Å²) in [6, 6.07) is 6.59. The molecule has 0 amide bonds. The molecule has 0 bridgehead atoms. The van der Waals surface area contributed by atoms with E-state index in [4.69, 9.17) is 5.73 Å². The van der Waals surface area contributed by atoms with E-state index in [9.17, 15) is 9.90 Å². The van der Waals surface area contributed by atoms with E-state index < -0.39 is 0 Å². The van der Waals surface area contributed by atoms with Gasteiger partial charge in [-0.05, 0) is 30.2 Å². The van der Waals surface area contributed by atoms with E-state index in [2.05, 4.69) is 4.98 Å². The summed E-state index contributed by atoms with van der Waals surface area (Å²) in [5.41, 5.74) is 6.92. The van der Waals surface area contributed by atoms with Crippen LogP contribution in [0.2, 0.25) is 0 Å². The van der Waals surface area contributed by atoms with Crippen molar-refractivity contribution in [2.75, 3.05) is 6.54 Å². The molecule has 1 heterocycles. The van der Waals surface area contributed by atoms with Crippen LogP contribution in [-0.4, -0.2) is 16.6 Å². The molecule has 0 saturated heterocycles. The predicted octanol–water partition coefficient (Wildman–Crippen LogP) is 1.30. The Bertz CT molecular complexity index is 575. The van der Waals surface area contributed by atoms with Crippen molar-refractivity contribution in [3.63, 3.8) is 0 Å². The highest BCUT2D eigenvalue weighted by Gasteiger charge is 2.10. The molecule has 0 saturated carbocycles. The lowest BCUT2D eigenvalue weighted by Crippen LogP contribution is -2.10. The Morgan fingerprint density at radius 1 is 1.38 bits per heavy atom. The third-order valence-electron chi connectivity index (χ3n) is 2.79. The highest BCUT2D eigenvalue weighted by Crippen LogP contribution is 2.28. The molecule has 0 aliphatic heterocycles. The van der Waals surface area contributed by atoms with Crippen molar-refractivity contribution < 1.29 is 5.11 Å². The number of hydrogen-bond donors (Lipinski definition) is 3. The Morgan fingerprint density at radius 2 is 2.12 bits per heavy atom. The number of H-pyrrole nitrogens is 1. The van der Waals surface area contributed by atoms with Gasteiger partial charge in [-0.2, -0.15) is 0 Å². The Balaban J connectivity index is 2.79. The van der Waals surface area contributed by atoms with Crippen molar-refractivity contribution >= 4 is 10.9 Å². The highest BCUT2D eigenvalue weighted by molar-refractivity contribution is 5.87. The molecular weight excluding hydrogens is 204 g/mol. The number of rotatable bonds is 2. The molecule has 0 aliphatic carbocycles. The number of benzene rings is 1. The van der Waals surface area contributed by atoms with Crippen LogP contribution < -0.4 is 11.3 Å². The van der Waals surface area contributed by atoms with Crippen molar-refractivity contribution in [1.82, 2.24) is 4.98 Å². The van der Waals surface area contributed by atoms with E-state index in [1.807, 2.05) is 13.0 Å². The monoisotopic (exact) mass is 218 g/mol. The van der Waals surface area contributed by atoms with Crippen molar-refractivity contribution in [3.05, 3.63) is 40.2 Å². The maximum Gasteiger partial charge on any atom is 0.248 e. The van der Waals surface area contributed by atoms with Gasteiger partial charge in [0.1, 0.15) is 5.75 Å². The van der Waals surface area contributed by atoms with Gasteiger partial charge in [0, 0.05) is 11.5 Å². The zero-order valence-corrected chi connectivity index (χ0v) is 9.03. The van der Waals surface area contributed by atoms with Gasteiger partial charge in [-0.25, -0.2) is 0 Å². The normalized spacial score (nSPS) is 12.9. The van der Waals surface area contributed by atoms with E-state index in [-0.39, 0.29) is 17.2 Å². The number of hydrogen-bond acceptors (Lipinski definition) is 3. The van der Waals surface area contributed by atoms with Crippen molar-refractivity contribution in [1.29, 1.82) is 0 Å². The second-order valence-electron chi connectivity index (χ2n) is 3.92. The minimum Gasteiger partial charge on any atom is -0.506 e. The second-order valence-corrected chi connectivity index (χ2v) is 3.92. The standard InChI is InChI=1S/C12H14N2O2/c1-7(6-13)8-2-4-10(15)12-9(8)3-5-11(16)14-12/h2-5,7,15H,6,13H2,1H3,(H,14,16)/t7-/m0/s1. The first kappa shape index (κ1) is 10.7. The summed E-state index contributed by atoms with van der Waals surface area (Å²) in [6.45, 7) is 2.54. The van der Waals surface area contributed by atoms with Gasteiger partial charge in [-0.3, -0.25) is 4.79 Å². The molecular formula is C12H14N2O2. The zero-order chi connectivity index (χ0) is 11.7. The quantitative estimate of drug-likeness (QED) is 0.710. The molecule has 84 valence electrons. The van der Waals surface area contributed by atoms with Crippen molar-refractivity contribution in [3.8, 4) is 5.75 Å². The second kappa shape index (κ2) is 3.98. The SMILES string of the molecule is C[C@@H](CN)c1ccc(O)c2[nH]c(=O)ccc12. The van der Waals surface area contributed by atoms with Gasteiger partial charge in [-0.1, -0.05) is 13.0 Å². The molecule has 0 spiro atoms. The van der Waals surface area contributed by atoms with Gasteiger partial charge in [-0.15, -0.1) is 0 Å². The van der Waals surface area contributed by atoms with Crippen molar-refractivity contribution in [2.45, 2.75) is 12.8 Å². The van der Waals surface area contributed by atoms with Gasteiger partial charge in [0.15, 0.2) is 0 Å². The van der Waals surface area contributed by atoms with Crippen molar-refractivity contribution in [2.24, 2.45) is 5.73 Å². The number of phenols is 1. The maximum absolute atomic E-state index is 11.2. The van der Waals surface area contributed by atoms with Crippen LogP contribution in [0.25, 0.3) is 10.9 Å². The molecule has 1 aromatic heterocycles. The first-order chi connectivity index (χ1) is 7.63. The maximum atomic E-state index is 11.2. The van der Waals surface area contributed by atoms with E-state index >= 15 is 0 Å². The molecule has 0 fully saturated rings. The minimum absolute atomic E-state index is 0.0840. The van der Waals surface area contributed by atoms with Gasteiger partial charge in [0.05, 0.1) is 5.52 Å². The van der Waals surface area contributed by atoms with Crippen LogP contribution in [-0.2, 0) is 0 Å². The molecule has 0 unspecified atom stereocenters. The number of aromatic nitrogens is 1. The molecule has 0 radical (unpaired) electrons. The first-order valence-electron chi connectivity index (χ1n) is 5.18. The largest absolute Gasteiger partial charge is 0.506 e. The highest BCUT2D eigenvalue weighted by atomic mass is 16.3. The smallest absolute Gasteiger partial charge is 0.248 e. The van der Waals surface area contributed by atoms with Gasteiger partial charge in [0.25, 0.3) is 0 Å². The number of fused-ring (bicyclic) bond motifs is 1. The fourth-order valence-electron chi connectivity index (χ4n) is 1.82. The third kappa shape index (κ3) is 1.67. The summed E-state index contributed by atoms with van der Waals surface area (Å²) in [5, 5.41) is 10.5. The number of pyridine rings is 1. The molecule has 1 atom stereocenters. The molecule has 4 heteroatoms. The Morgan fingerprint density at radius 3 is 2.81 bits per heavy atom. The average molecular weight is 218 g/mol. The van der Waals surface area contributed by atoms with Crippen LogP contribution in [0.15, 0.2) is 29.1 Å². The number of phenolic OH excluding ortho intramolecular Hbond substituents is 1. The molecule has 2 rings (SSSR count). The number of nitrogens with one attached hydrogen (secondary N) is 1. The number of nitrogens with two attached hydrogens (primary N) is 1. The van der Waals surface area contributed by atoms with Crippen LogP contribution in [0, 0.1) is 0 Å².